The Bertz CT molecular complexity index is 201. The van der Waals surface area contributed by atoms with E-state index >= 15 is 0 Å². The Labute approximate surface area is 127 Å². The quantitative estimate of drug-likeness (QED) is 0.301. The molecule has 0 aliphatic rings. The molecule has 0 saturated carbocycles. The standard InChI is InChI=1S/C18H38O2/c1-7-9-10-11-12-13-14-15-18(8-2,19-16(3)4)20-17(5)6/h16-17H,7-15H2,1-6H3. The van der Waals surface area contributed by atoms with Crippen LogP contribution < -0.4 is 0 Å². The van der Waals surface area contributed by atoms with Crippen molar-refractivity contribution in [3.8, 4) is 0 Å². The first-order chi connectivity index (χ1) is 9.45. The minimum Gasteiger partial charge on any atom is -0.347 e. The molecule has 0 rings (SSSR count). The maximum absolute atomic E-state index is 6.12. The fourth-order valence-corrected chi connectivity index (χ4v) is 2.70. The fraction of sp³-hybridized carbons (Fsp3) is 1.00. The van der Waals surface area contributed by atoms with E-state index in [1.54, 1.807) is 0 Å². The van der Waals surface area contributed by atoms with Gasteiger partial charge in [-0.15, -0.1) is 0 Å². The van der Waals surface area contributed by atoms with E-state index in [1.165, 1.54) is 44.9 Å². The lowest BCUT2D eigenvalue weighted by Crippen LogP contribution is -2.39. The number of rotatable bonds is 13. The molecule has 2 heteroatoms. The van der Waals surface area contributed by atoms with E-state index in [1.807, 2.05) is 0 Å². The molecular weight excluding hydrogens is 248 g/mol. The molecule has 0 aliphatic heterocycles. The second-order valence-corrected chi connectivity index (χ2v) is 6.47. The van der Waals surface area contributed by atoms with Gasteiger partial charge in [-0.1, -0.05) is 52.4 Å². The molecule has 0 aromatic heterocycles. The molecule has 0 spiro atoms. The van der Waals surface area contributed by atoms with Crippen LogP contribution in [-0.2, 0) is 9.47 Å². The highest BCUT2D eigenvalue weighted by atomic mass is 16.7. The van der Waals surface area contributed by atoms with E-state index in [4.69, 9.17) is 9.47 Å². The lowest BCUT2D eigenvalue weighted by atomic mass is 10.0. The van der Waals surface area contributed by atoms with Crippen LogP contribution in [0.1, 0.15) is 99.3 Å². The van der Waals surface area contributed by atoms with Gasteiger partial charge in [-0.2, -0.15) is 0 Å². The molecule has 0 aliphatic carbocycles. The average Bonchev–Trinajstić information content (AvgIpc) is 2.36. The number of hydrogen-bond acceptors (Lipinski definition) is 2. The molecule has 0 atom stereocenters. The zero-order valence-electron chi connectivity index (χ0n) is 14.8. The SMILES string of the molecule is CCCCCCCCCC(CC)(OC(C)C)OC(C)C. The third-order valence-electron chi connectivity index (χ3n) is 3.60. The second-order valence-electron chi connectivity index (χ2n) is 6.47. The highest BCUT2D eigenvalue weighted by Gasteiger charge is 2.31. The summed E-state index contributed by atoms with van der Waals surface area (Å²) in [6.07, 6.45) is 11.7. The first kappa shape index (κ1) is 19.9. The zero-order chi connectivity index (χ0) is 15.4. The lowest BCUT2D eigenvalue weighted by Gasteiger charge is -2.36. The Balaban J connectivity index is 4.08. The smallest absolute Gasteiger partial charge is 0.168 e. The van der Waals surface area contributed by atoms with Gasteiger partial charge in [0.1, 0.15) is 0 Å². The molecule has 0 fully saturated rings. The van der Waals surface area contributed by atoms with Gasteiger partial charge in [0, 0.05) is 6.42 Å². The minimum absolute atomic E-state index is 0.221. The molecule has 0 unspecified atom stereocenters. The van der Waals surface area contributed by atoms with Gasteiger partial charge >= 0.3 is 0 Å². The zero-order valence-corrected chi connectivity index (χ0v) is 14.8. The Hall–Kier alpha value is -0.0800. The van der Waals surface area contributed by atoms with Gasteiger partial charge in [-0.25, -0.2) is 0 Å². The van der Waals surface area contributed by atoms with Crippen molar-refractivity contribution >= 4 is 0 Å². The topological polar surface area (TPSA) is 18.5 Å². The van der Waals surface area contributed by atoms with Crippen molar-refractivity contribution < 1.29 is 9.47 Å². The average molecular weight is 286 g/mol. The summed E-state index contributed by atoms with van der Waals surface area (Å²) in [6, 6.07) is 0. The maximum Gasteiger partial charge on any atom is 0.168 e. The van der Waals surface area contributed by atoms with E-state index in [2.05, 4.69) is 41.5 Å². The van der Waals surface area contributed by atoms with Crippen LogP contribution >= 0.6 is 0 Å². The van der Waals surface area contributed by atoms with Gasteiger partial charge in [-0.05, 0) is 40.5 Å². The summed E-state index contributed by atoms with van der Waals surface area (Å²) in [7, 11) is 0. The van der Waals surface area contributed by atoms with Crippen LogP contribution in [0.25, 0.3) is 0 Å². The van der Waals surface area contributed by atoms with Crippen molar-refractivity contribution in [3.05, 3.63) is 0 Å². The highest BCUT2D eigenvalue weighted by Crippen LogP contribution is 2.28. The Kier molecular flexibility index (Phi) is 11.5. The predicted molar refractivity (Wildman–Crippen MR) is 88.1 cm³/mol. The lowest BCUT2D eigenvalue weighted by molar-refractivity contribution is -0.274. The highest BCUT2D eigenvalue weighted by molar-refractivity contribution is 4.71. The molecule has 2 nitrogen and oxygen atoms in total. The third kappa shape index (κ3) is 9.77. The first-order valence-corrected chi connectivity index (χ1v) is 8.81. The van der Waals surface area contributed by atoms with E-state index in [9.17, 15) is 0 Å². The summed E-state index contributed by atoms with van der Waals surface area (Å²) in [5.41, 5.74) is 0. The number of unbranched alkanes of at least 4 members (excludes halogenated alkanes) is 6. The molecular formula is C18H38O2. The van der Waals surface area contributed by atoms with E-state index in [0.29, 0.717) is 0 Å². The Morgan fingerprint density at radius 2 is 1.15 bits per heavy atom. The minimum atomic E-state index is -0.369. The van der Waals surface area contributed by atoms with Gasteiger partial charge in [0.15, 0.2) is 5.79 Å². The van der Waals surface area contributed by atoms with Gasteiger partial charge in [0.05, 0.1) is 12.2 Å². The van der Waals surface area contributed by atoms with E-state index < -0.39 is 0 Å². The predicted octanol–water partition coefficient (Wildman–Crippen LogP) is 6.08. The van der Waals surface area contributed by atoms with Gasteiger partial charge in [0.2, 0.25) is 0 Å². The summed E-state index contributed by atoms with van der Waals surface area (Å²) in [5, 5.41) is 0. The Morgan fingerprint density at radius 1 is 0.700 bits per heavy atom. The third-order valence-corrected chi connectivity index (χ3v) is 3.60. The van der Waals surface area contributed by atoms with E-state index in [0.717, 1.165) is 12.8 Å². The van der Waals surface area contributed by atoms with Crippen molar-refractivity contribution in [2.24, 2.45) is 0 Å². The van der Waals surface area contributed by atoms with Crippen LogP contribution in [0.3, 0.4) is 0 Å². The molecule has 122 valence electrons. The van der Waals surface area contributed by atoms with E-state index in [-0.39, 0.29) is 18.0 Å². The molecule has 0 saturated heterocycles. The second kappa shape index (κ2) is 11.6. The van der Waals surface area contributed by atoms with Crippen LogP contribution in [0, 0.1) is 0 Å². The van der Waals surface area contributed by atoms with Crippen molar-refractivity contribution in [1.29, 1.82) is 0 Å². The summed E-state index contributed by atoms with van der Waals surface area (Å²) in [6.45, 7) is 12.8. The molecule has 0 bridgehead atoms. The molecule has 20 heavy (non-hydrogen) atoms. The molecule has 0 amide bonds. The molecule has 0 aromatic carbocycles. The number of ether oxygens (including phenoxy) is 2. The summed E-state index contributed by atoms with van der Waals surface area (Å²) in [4.78, 5) is 0. The molecule has 0 radical (unpaired) electrons. The van der Waals surface area contributed by atoms with Crippen molar-refractivity contribution in [1.82, 2.24) is 0 Å². The summed E-state index contributed by atoms with van der Waals surface area (Å²) >= 11 is 0. The van der Waals surface area contributed by atoms with Crippen LogP contribution in [0.2, 0.25) is 0 Å². The molecule has 0 heterocycles. The normalized spacial score (nSPS) is 12.6. The molecule has 0 N–H and O–H groups in total. The number of hydrogen-bond donors (Lipinski definition) is 0. The van der Waals surface area contributed by atoms with Crippen LogP contribution in [0.5, 0.6) is 0 Å². The van der Waals surface area contributed by atoms with Crippen molar-refractivity contribution in [3.63, 3.8) is 0 Å². The Morgan fingerprint density at radius 3 is 1.55 bits per heavy atom. The monoisotopic (exact) mass is 286 g/mol. The van der Waals surface area contributed by atoms with Crippen LogP contribution in [0.15, 0.2) is 0 Å². The first-order valence-electron chi connectivity index (χ1n) is 8.81. The van der Waals surface area contributed by atoms with Gasteiger partial charge < -0.3 is 9.47 Å². The maximum atomic E-state index is 6.12. The summed E-state index contributed by atoms with van der Waals surface area (Å²) < 4.78 is 12.2. The fourth-order valence-electron chi connectivity index (χ4n) is 2.70. The van der Waals surface area contributed by atoms with Crippen LogP contribution in [0.4, 0.5) is 0 Å². The summed E-state index contributed by atoms with van der Waals surface area (Å²) in [5.74, 6) is -0.369. The largest absolute Gasteiger partial charge is 0.347 e. The van der Waals surface area contributed by atoms with Crippen molar-refractivity contribution in [2.45, 2.75) is 117 Å². The van der Waals surface area contributed by atoms with Gasteiger partial charge in [-0.3, -0.25) is 0 Å². The molecule has 0 aromatic rings. The van der Waals surface area contributed by atoms with Gasteiger partial charge in [0.25, 0.3) is 0 Å². The van der Waals surface area contributed by atoms with Crippen LogP contribution in [-0.4, -0.2) is 18.0 Å². The van der Waals surface area contributed by atoms with Crippen molar-refractivity contribution in [2.75, 3.05) is 0 Å².